The van der Waals surface area contributed by atoms with Gasteiger partial charge in [0.1, 0.15) is 6.61 Å². The lowest BCUT2D eigenvalue weighted by Gasteiger charge is -2.19. The molecule has 7 heteroatoms. The molecule has 4 nitrogen and oxygen atoms in total. The second kappa shape index (κ2) is 8.68. The van der Waals surface area contributed by atoms with Crippen molar-refractivity contribution in [3.05, 3.63) is 83.9 Å². The molecule has 0 heterocycles. The van der Waals surface area contributed by atoms with Crippen molar-refractivity contribution in [2.45, 2.75) is 19.4 Å². The highest BCUT2D eigenvalue weighted by molar-refractivity contribution is 5.76. The zero-order valence-electron chi connectivity index (χ0n) is 15.1. The Morgan fingerprint density at radius 1 is 0.897 bits per heavy atom. The summed E-state index contributed by atoms with van der Waals surface area (Å²) in [4.78, 5) is 11.2. The third-order valence-electron chi connectivity index (χ3n) is 4.04. The summed E-state index contributed by atoms with van der Waals surface area (Å²) in [6, 6.07) is 20.6. The number of rotatable bonds is 7. The molecule has 0 saturated heterocycles. The van der Waals surface area contributed by atoms with E-state index in [1.54, 1.807) is 54.6 Å². The number of benzene rings is 3. The van der Waals surface area contributed by atoms with Crippen LogP contribution in [0, 0.1) is 0 Å². The average molecular weight is 402 g/mol. The summed E-state index contributed by atoms with van der Waals surface area (Å²) in [7, 11) is 0. The molecule has 150 valence electrons. The number of hydrogen-bond donors (Lipinski definition) is 1. The van der Waals surface area contributed by atoms with Gasteiger partial charge in [-0.05, 0) is 28.8 Å². The first-order valence-corrected chi connectivity index (χ1v) is 8.68. The van der Waals surface area contributed by atoms with Crippen molar-refractivity contribution >= 4 is 5.97 Å². The molecule has 0 aliphatic carbocycles. The van der Waals surface area contributed by atoms with Crippen LogP contribution in [0.15, 0.2) is 72.8 Å². The monoisotopic (exact) mass is 402 g/mol. The first kappa shape index (κ1) is 20.3. The van der Waals surface area contributed by atoms with E-state index in [0.717, 1.165) is 5.56 Å². The van der Waals surface area contributed by atoms with Crippen LogP contribution in [0.4, 0.5) is 13.2 Å². The zero-order valence-corrected chi connectivity index (χ0v) is 15.1. The van der Waals surface area contributed by atoms with Gasteiger partial charge in [-0.3, -0.25) is 4.79 Å². The predicted molar refractivity (Wildman–Crippen MR) is 101 cm³/mol. The Balaban J connectivity index is 2.07. The number of aliphatic carboxylic acids is 1. The molecule has 0 atom stereocenters. The van der Waals surface area contributed by atoms with E-state index in [1.807, 2.05) is 6.07 Å². The molecule has 0 fully saturated rings. The summed E-state index contributed by atoms with van der Waals surface area (Å²) in [5.74, 6) is -2.10. The molecular weight excluding hydrogens is 385 g/mol. The summed E-state index contributed by atoms with van der Waals surface area (Å²) in [6.45, 7) is -0.000187. The van der Waals surface area contributed by atoms with Crippen LogP contribution in [-0.2, 0) is 17.8 Å². The SMILES string of the molecule is O=C(O)Cc1cc(-c2ccccc2)cc(OCc2ccccc2)c1OC(F)(F)F. The number of ether oxygens (including phenoxy) is 2. The normalized spacial score (nSPS) is 11.1. The van der Waals surface area contributed by atoms with Crippen LogP contribution in [0.5, 0.6) is 11.5 Å². The fourth-order valence-electron chi connectivity index (χ4n) is 2.83. The maximum atomic E-state index is 13.0. The second-order valence-corrected chi connectivity index (χ2v) is 6.22. The fourth-order valence-corrected chi connectivity index (χ4v) is 2.83. The van der Waals surface area contributed by atoms with E-state index in [-0.39, 0.29) is 17.9 Å². The highest BCUT2D eigenvalue weighted by Crippen LogP contribution is 2.40. The van der Waals surface area contributed by atoms with E-state index in [0.29, 0.717) is 11.1 Å². The molecule has 0 amide bonds. The zero-order chi connectivity index (χ0) is 20.9. The van der Waals surface area contributed by atoms with E-state index in [9.17, 15) is 23.1 Å². The van der Waals surface area contributed by atoms with Gasteiger partial charge in [0.05, 0.1) is 6.42 Å². The van der Waals surface area contributed by atoms with Gasteiger partial charge in [0.25, 0.3) is 0 Å². The standard InChI is InChI=1S/C22H17F3O4/c23-22(24,25)29-21-18(13-20(26)27)11-17(16-9-5-2-6-10-16)12-19(21)28-14-15-7-3-1-4-8-15/h1-12H,13-14H2,(H,26,27). The lowest BCUT2D eigenvalue weighted by Crippen LogP contribution is -2.19. The Hall–Kier alpha value is -3.48. The first-order valence-electron chi connectivity index (χ1n) is 8.68. The molecule has 1 N–H and O–H groups in total. The van der Waals surface area contributed by atoms with Crippen LogP contribution in [-0.4, -0.2) is 17.4 Å². The molecule has 0 bridgehead atoms. The summed E-state index contributed by atoms with van der Waals surface area (Å²) in [6.07, 6.45) is -5.64. The number of carboxylic acid groups (broad SMARTS) is 1. The molecule has 0 radical (unpaired) electrons. The lowest BCUT2D eigenvalue weighted by molar-refractivity contribution is -0.275. The van der Waals surface area contributed by atoms with Gasteiger partial charge in [-0.1, -0.05) is 60.7 Å². The minimum absolute atomic E-state index is 0.000187. The number of hydrogen-bond acceptors (Lipinski definition) is 3. The molecule has 3 rings (SSSR count). The molecule has 3 aromatic carbocycles. The molecule has 0 aliphatic rings. The van der Waals surface area contributed by atoms with Gasteiger partial charge in [0.2, 0.25) is 0 Å². The third kappa shape index (κ3) is 5.75. The van der Waals surface area contributed by atoms with E-state index in [2.05, 4.69) is 4.74 Å². The van der Waals surface area contributed by atoms with Gasteiger partial charge in [-0.15, -0.1) is 13.2 Å². The molecule has 3 aromatic rings. The van der Waals surface area contributed by atoms with Gasteiger partial charge in [0, 0.05) is 5.56 Å². The minimum atomic E-state index is -4.99. The van der Waals surface area contributed by atoms with Gasteiger partial charge in [0.15, 0.2) is 11.5 Å². The maximum Gasteiger partial charge on any atom is 0.573 e. The van der Waals surface area contributed by atoms with Gasteiger partial charge < -0.3 is 14.6 Å². The number of halogens is 3. The smallest absolute Gasteiger partial charge is 0.485 e. The summed E-state index contributed by atoms with van der Waals surface area (Å²) in [5, 5.41) is 9.17. The molecule has 0 aliphatic heterocycles. The Kier molecular flexibility index (Phi) is 6.07. The van der Waals surface area contributed by atoms with Crippen molar-refractivity contribution < 1.29 is 32.5 Å². The fraction of sp³-hybridized carbons (Fsp3) is 0.136. The number of carbonyl (C=O) groups is 1. The molecule has 29 heavy (non-hydrogen) atoms. The van der Waals surface area contributed by atoms with Crippen LogP contribution < -0.4 is 9.47 Å². The molecule has 0 saturated carbocycles. The highest BCUT2D eigenvalue weighted by atomic mass is 19.4. The third-order valence-corrected chi connectivity index (χ3v) is 4.04. The Bertz CT molecular complexity index is 971. The van der Waals surface area contributed by atoms with Crippen molar-refractivity contribution in [2.75, 3.05) is 0 Å². The Labute approximate surface area is 165 Å². The second-order valence-electron chi connectivity index (χ2n) is 6.22. The van der Waals surface area contributed by atoms with Crippen LogP contribution in [0.2, 0.25) is 0 Å². The van der Waals surface area contributed by atoms with Crippen molar-refractivity contribution in [3.63, 3.8) is 0 Å². The lowest BCUT2D eigenvalue weighted by atomic mass is 10.00. The molecular formula is C22H17F3O4. The minimum Gasteiger partial charge on any atom is -0.485 e. The van der Waals surface area contributed by atoms with E-state index in [1.165, 1.54) is 12.1 Å². The first-order chi connectivity index (χ1) is 13.8. The topological polar surface area (TPSA) is 55.8 Å². The van der Waals surface area contributed by atoms with Gasteiger partial charge in [-0.2, -0.15) is 0 Å². The average Bonchev–Trinajstić information content (AvgIpc) is 2.68. The van der Waals surface area contributed by atoms with Crippen molar-refractivity contribution in [1.29, 1.82) is 0 Å². The van der Waals surface area contributed by atoms with Crippen LogP contribution in [0.25, 0.3) is 11.1 Å². The summed E-state index contributed by atoms with van der Waals surface area (Å²) >= 11 is 0. The Morgan fingerprint density at radius 2 is 1.52 bits per heavy atom. The molecule has 0 spiro atoms. The van der Waals surface area contributed by atoms with Crippen LogP contribution >= 0.6 is 0 Å². The predicted octanol–water partition coefficient (Wildman–Crippen LogP) is 5.46. The molecule has 0 unspecified atom stereocenters. The summed E-state index contributed by atoms with van der Waals surface area (Å²) in [5.41, 5.74) is 1.86. The number of carboxylic acids is 1. The van der Waals surface area contributed by atoms with Crippen molar-refractivity contribution in [1.82, 2.24) is 0 Å². The van der Waals surface area contributed by atoms with Crippen LogP contribution in [0.3, 0.4) is 0 Å². The quantitative estimate of drug-likeness (QED) is 0.570. The maximum absolute atomic E-state index is 13.0. The van der Waals surface area contributed by atoms with Crippen molar-refractivity contribution in [3.8, 4) is 22.6 Å². The van der Waals surface area contributed by atoms with Gasteiger partial charge >= 0.3 is 12.3 Å². The largest absolute Gasteiger partial charge is 0.573 e. The van der Waals surface area contributed by atoms with E-state index in [4.69, 9.17) is 4.74 Å². The summed E-state index contributed by atoms with van der Waals surface area (Å²) < 4.78 is 48.8. The Morgan fingerprint density at radius 3 is 2.10 bits per heavy atom. The van der Waals surface area contributed by atoms with E-state index < -0.39 is 24.5 Å². The van der Waals surface area contributed by atoms with E-state index >= 15 is 0 Å². The number of alkyl halides is 3. The highest BCUT2D eigenvalue weighted by Gasteiger charge is 2.34. The van der Waals surface area contributed by atoms with Gasteiger partial charge in [-0.25, -0.2) is 0 Å². The molecule has 0 aromatic heterocycles. The van der Waals surface area contributed by atoms with Crippen LogP contribution in [0.1, 0.15) is 11.1 Å². The van der Waals surface area contributed by atoms with Crippen molar-refractivity contribution in [2.24, 2.45) is 0 Å².